The molecular weight excluding hydrogens is 168 g/mol. The highest BCUT2D eigenvalue weighted by Gasteiger charge is 2.53. The molecule has 1 saturated carbocycles. The lowest BCUT2D eigenvalue weighted by atomic mass is 9.84. The van der Waals surface area contributed by atoms with Crippen molar-refractivity contribution in [2.45, 2.75) is 51.6 Å². The summed E-state index contributed by atoms with van der Waals surface area (Å²) in [5, 5.41) is 18.9. The molecule has 1 aliphatic rings. The second kappa shape index (κ2) is 3.29. The van der Waals surface area contributed by atoms with Crippen LogP contribution in [0.15, 0.2) is 0 Å². The summed E-state index contributed by atoms with van der Waals surface area (Å²) >= 11 is 0. The minimum atomic E-state index is -0.769. The van der Waals surface area contributed by atoms with Gasteiger partial charge in [-0.3, -0.25) is 4.79 Å². The third kappa shape index (κ3) is 2.02. The minimum Gasteiger partial charge on any atom is -0.481 e. The Labute approximate surface area is 78.8 Å². The van der Waals surface area contributed by atoms with E-state index in [0.717, 1.165) is 12.8 Å². The lowest BCUT2D eigenvalue weighted by Gasteiger charge is -2.28. The summed E-state index contributed by atoms with van der Waals surface area (Å²) in [6.45, 7) is 3.81. The zero-order chi connectivity index (χ0) is 10.1. The number of rotatable bonds is 5. The summed E-state index contributed by atoms with van der Waals surface area (Å²) in [4.78, 5) is 10.9. The number of hydrogen-bond acceptors (Lipinski definition) is 2. The summed E-state index contributed by atoms with van der Waals surface area (Å²) in [5.74, 6) is -0.743. The molecular formula is C10H18O3. The van der Waals surface area contributed by atoms with Gasteiger partial charge in [-0.15, -0.1) is 0 Å². The first-order chi connectivity index (χ1) is 5.98. The molecule has 1 fully saturated rings. The number of carboxylic acids is 1. The normalized spacial score (nSPS) is 19.9. The van der Waals surface area contributed by atoms with Gasteiger partial charge in [-0.1, -0.05) is 13.8 Å². The SMILES string of the molecule is CCC(O)(CC)CC1(C(=O)O)CC1. The number of carbonyl (C=O) groups is 1. The number of hydrogen-bond donors (Lipinski definition) is 2. The smallest absolute Gasteiger partial charge is 0.309 e. The summed E-state index contributed by atoms with van der Waals surface area (Å²) in [5.41, 5.74) is -1.37. The van der Waals surface area contributed by atoms with Crippen molar-refractivity contribution in [3.63, 3.8) is 0 Å². The van der Waals surface area contributed by atoms with Crippen molar-refractivity contribution in [3.8, 4) is 0 Å². The Bertz CT molecular complexity index is 202. The van der Waals surface area contributed by atoms with E-state index in [9.17, 15) is 9.90 Å². The molecule has 0 unspecified atom stereocenters. The standard InChI is InChI=1S/C10H18O3/c1-3-10(13,4-2)7-9(5-6-9)8(11)12/h13H,3-7H2,1-2H3,(H,11,12). The van der Waals surface area contributed by atoms with Crippen LogP contribution in [0.25, 0.3) is 0 Å². The molecule has 2 N–H and O–H groups in total. The Morgan fingerprint density at radius 1 is 1.38 bits per heavy atom. The van der Waals surface area contributed by atoms with E-state index in [1.165, 1.54) is 0 Å². The van der Waals surface area contributed by atoms with Gasteiger partial charge in [0.1, 0.15) is 0 Å². The van der Waals surface area contributed by atoms with Crippen LogP contribution in [0.5, 0.6) is 0 Å². The third-order valence-electron chi connectivity index (χ3n) is 3.29. The van der Waals surface area contributed by atoms with Gasteiger partial charge in [0.2, 0.25) is 0 Å². The molecule has 0 aromatic heterocycles. The van der Waals surface area contributed by atoms with Crippen molar-refractivity contribution in [3.05, 3.63) is 0 Å². The number of carboxylic acid groups (broad SMARTS) is 1. The predicted molar refractivity (Wildman–Crippen MR) is 49.5 cm³/mol. The second-order valence-corrected chi connectivity index (χ2v) is 4.19. The van der Waals surface area contributed by atoms with Gasteiger partial charge in [-0.05, 0) is 32.1 Å². The molecule has 0 aliphatic heterocycles. The van der Waals surface area contributed by atoms with Crippen molar-refractivity contribution in [1.29, 1.82) is 0 Å². The van der Waals surface area contributed by atoms with Crippen LogP contribution < -0.4 is 0 Å². The summed E-state index contributed by atoms with van der Waals surface area (Å²) in [7, 11) is 0. The van der Waals surface area contributed by atoms with Gasteiger partial charge in [0.15, 0.2) is 0 Å². The van der Waals surface area contributed by atoms with E-state index >= 15 is 0 Å². The fourth-order valence-electron chi connectivity index (χ4n) is 1.75. The van der Waals surface area contributed by atoms with Gasteiger partial charge in [0.25, 0.3) is 0 Å². The zero-order valence-corrected chi connectivity index (χ0v) is 8.34. The first kappa shape index (κ1) is 10.5. The second-order valence-electron chi connectivity index (χ2n) is 4.19. The molecule has 1 rings (SSSR count). The van der Waals surface area contributed by atoms with Gasteiger partial charge < -0.3 is 10.2 Å². The molecule has 0 aromatic rings. The Balaban J connectivity index is 2.61. The topological polar surface area (TPSA) is 57.5 Å². The fourth-order valence-corrected chi connectivity index (χ4v) is 1.75. The molecule has 0 heterocycles. The van der Waals surface area contributed by atoms with Crippen LogP contribution in [-0.2, 0) is 4.79 Å². The average Bonchev–Trinajstić information content (AvgIpc) is 2.86. The van der Waals surface area contributed by atoms with Gasteiger partial charge >= 0.3 is 5.97 Å². The predicted octanol–water partition coefficient (Wildman–Crippen LogP) is 1.79. The van der Waals surface area contributed by atoms with Crippen LogP contribution >= 0.6 is 0 Å². The van der Waals surface area contributed by atoms with Gasteiger partial charge in [-0.25, -0.2) is 0 Å². The van der Waals surface area contributed by atoms with E-state index < -0.39 is 17.0 Å². The Hall–Kier alpha value is -0.570. The van der Waals surface area contributed by atoms with Crippen LogP contribution in [0, 0.1) is 5.41 Å². The quantitative estimate of drug-likeness (QED) is 0.688. The lowest BCUT2D eigenvalue weighted by Crippen LogP contribution is -2.33. The van der Waals surface area contributed by atoms with Crippen LogP contribution in [0.4, 0.5) is 0 Å². The highest BCUT2D eigenvalue weighted by atomic mass is 16.4. The fraction of sp³-hybridized carbons (Fsp3) is 0.900. The highest BCUT2D eigenvalue weighted by Crippen LogP contribution is 2.52. The summed E-state index contributed by atoms with van der Waals surface area (Å²) in [6.07, 6.45) is 3.15. The molecule has 0 spiro atoms. The summed E-state index contributed by atoms with van der Waals surface area (Å²) in [6, 6.07) is 0. The van der Waals surface area contributed by atoms with Crippen LogP contribution in [0.3, 0.4) is 0 Å². The molecule has 1 aliphatic carbocycles. The molecule has 0 aromatic carbocycles. The van der Waals surface area contributed by atoms with Crippen molar-refractivity contribution in [2.75, 3.05) is 0 Å². The minimum absolute atomic E-state index is 0.419. The van der Waals surface area contributed by atoms with E-state index in [4.69, 9.17) is 5.11 Å². The van der Waals surface area contributed by atoms with Gasteiger partial charge in [-0.2, -0.15) is 0 Å². The third-order valence-corrected chi connectivity index (χ3v) is 3.29. The van der Waals surface area contributed by atoms with Crippen LogP contribution in [0.1, 0.15) is 46.0 Å². The molecule has 76 valence electrons. The molecule has 3 nitrogen and oxygen atoms in total. The number of aliphatic hydroxyl groups is 1. The van der Waals surface area contributed by atoms with Crippen molar-refractivity contribution in [2.24, 2.45) is 5.41 Å². The molecule has 0 saturated heterocycles. The molecule has 0 bridgehead atoms. The maximum Gasteiger partial charge on any atom is 0.309 e. The Kier molecular flexibility index (Phi) is 2.66. The van der Waals surface area contributed by atoms with Crippen molar-refractivity contribution >= 4 is 5.97 Å². The lowest BCUT2D eigenvalue weighted by molar-refractivity contribution is -0.146. The Morgan fingerprint density at radius 3 is 2.08 bits per heavy atom. The zero-order valence-electron chi connectivity index (χ0n) is 8.34. The van der Waals surface area contributed by atoms with E-state index in [2.05, 4.69) is 0 Å². The maximum atomic E-state index is 10.9. The van der Waals surface area contributed by atoms with Crippen molar-refractivity contribution in [1.82, 2.24) is 0 Å². The van der Waals surface area contributed by atoms with E-state index in [1.807, 2.05) is 13.8 Å². The van der Waals surface area contributed by atoms with E-state index in [0.29, 0.717) is 19.3 Å². The molecule has 3 heteroatoms. The maximum absolute atomic E-state index is 10.9. The first-order valence-electron chi connectivity index (χ1n) is 4.94. The van der Waals surface area contributed by atoms with E-state index in [1.54, 1.807) is 0 Å². The summed E-state index contributed by atoms with van der Waals surface area (Å²) < 4.78 is 0. The molecule has 0 amide bonds. The molecule has 0 atom stereocenters. The monoisotopic (exact) mass is 186 g/mol. The molecule has 0 radical (unpaired) electrons. The number of aliphatic carboxylic acids is 1. The van der Waals surface area contributed by atoms with Crippen molar-refractivity contribution < 1.29 is 15.0 Å². The van der Waals surface area contributed by atoms with E-state index in [-0.39, 0.29) is 0 Å². The molecule has 13 heavy (non-hydrogen) atoms. The van der Waals surface area contributed by atoms with Crippen LogP contribution in [0.2, 0.25) is 0 Å². The largest absolute Gasteiger partial charge is 0.481 e. The first-order valence-corrected chi connectivity index (χ1v) is 4.94. The average molecular weight is 186 g/mol. The van der Waals surface area contributed by atoms with Crippen LogP contribution in [-0.4, -0.2) is 21.8 Å². The Morgan fingerprint density at radius 2 is 1.85 bits per heavy atom. The highest BCUT2D eigenvalue weighted by molar-refractivity contribution is 5.77. The van der Waals surface area contributed by atoms with Gasteiger partial charge in [0.05, 0.1) is 11.0 Å². The van der Waals surface area contributed by atoms with Gasteiger partial charge in [0, 0.05) is 0 Å².